The van der Waals surface area contributed by atoms with Crippen molar-refractivity contribution in [1.82, 2.24) is 10.6 Å². The molecule has 1 aliphatic heterocycles. The van der Waals surface area contributed by atoms with E-state index in [-0.39, 0.29) is 5.91 Å². The topological polar surface area (TPSA) is 84.2 Å². The normalized spacial score (nSPS) is 15.4. The van der Waals surface area contributed by atoms with E-state index in [2.05, 4.69) is 10.6 Å². The van der Waals surface area contributed by atoms with Gasteiger partial charge < -0.3 is 11.1 Å². The SMILES string of the molecule is Nc1ccc(CNC=C2C(=O)NC(=O)c3ccccc32)cc1. The molecule has 3 rings (SSSR count). The number of rotatable bonds is 3. The minimum atomic E-state index is -0.395. The molecular formula is C17H15N3O2. The number of nitrogen functional groups attached to an aromatic ring is 1. The van der Waals surface area contributed by atoms with E-state index in [1.165, 1.54) is 0 Å². The standard InChI is InChI=1S/C17H15N3O2/c18-12-7-5-11(6-8-12)9-19-10-15-13-3-1-2-4-14(13)16(21)20-17(15)22/h1-8,10,19H,9,18H2,(H,20,21,22). The quantitative estimate of drug-likeness (QED) is 0.456. The van der Waals surface area contributed by atoms with E-state index in [4.69, 9.17) is 5.73 Å². The summed E-state index contributed by atoms with van der Waals surface area (Å²) in [6, 6.07) is 14.5. The summed E-state index contributed by atoms with van der Waals surface area (Å²) in [6.45, 7) is 0.563. The minimum absolute atomic E-state index is 0.365. The summed E-state index contributed by atoms with van der Waals surface area (Å²) in [5, 5.41) is 5.44. The molecule has 0 radical (unpaired) electrons. The Kier molecular flexibility index (Phi) is 3.62. The lowest BCUT2D eigenvalue weighted by Crippen LogP contribution is -2.36. The average Bonchev–Trinajstić information content (AvgIpc) is 2.52. The van der Waals surface area contributed by atoms with Gasteiger partial charge in [0.15, 0.2) is 0 Å². The molecule has 0 bridgehead atoms. The molecule has 0 spiro atoms. The zero-order chi connectivity index (χ0) is 15.5. The van der Waals surface area contributed by atoms with Gasteiger partial charge in [-0.2, -0.15) is 0 Å². The van der Waals surface area contributed by atoms with Crippen molar-refractivity contribution in [3.63, 3.8) is 0 Å². The number of imide groups is 1. The van der Waals surface area contributed by atoms with Crippen LogP contribution in [0.15, 0.2) is 54.7 Å². The molecule has 0 unspecified atom stereocenters. The highest BCUT2D eigenvalue weighted by Gasteiger charge is 2.26. The molecule has 5 heteroatoms. The summed E-state index contributed by atoms with van der Waals surface area (Å²) in [7, 11) is 0. The van der Waals surface area contributed by atoms with E-state index in [9.17, 15) is 9.59 Å². The first kappa shape index (κ1) is 13.9. The average molecular weight is 293 g/mol. The molecule has 2 aromatic carbocycles. The molecule has 0 aliphatic carbocycles. The highest BCUT2D eigenvalue weighted by Crippen LogP contribution is 2.23. The fraction of sp³-hybridized carbons (Fsp3) is 0.0588. The highest BCUT2D eigenvalue weighted by molar-refractivity contribution is 6.30. The fourth-order valence-corrected chi connectivity index (χ4v) is 2.33. The second-order valence-electron chi connectivity index (χ2n) is 5.01. The van der Waals surface area contributed by atoms with Gasteiger partial charge in [0.05, 0.1) is 5.57 Å². The predicted octanol–water partition coefficient (Wildman–Crippen LogP) is 1.67. The molecule has 2 amide bonds. The molecule has 0 atom stereocenters. The minimum Gasteiger partial charge on any atom is -0.399 e. The van der Waals surface area contributed by atoms with Crippen LogP contribution >= 0.6 is 0 Å². The Balaban J connectivity index is 1.81. The zero-order valence-corrected chi connectivity index (χ0v) is 11.8. The van der Waals surface area contributed by atoms with Crippen molar-refractivity contribution in [2.45, 2.75) is 6.54 Å². The summed E-state index contributed by atoms with van der Waals surface area (Å²) in [5.74, 6) is -0.759. The maximum Gasteiger partial charge on any atom is 0.260 e. The molecule has 2 aromatic rings. The van der Waals surface area contributed by atoms with Gasteiger partial charge in [-0.15, -0.1) is 0 Å². The lowest BCUT2D eigenvalue weighted by Gasteiger charge is -2.18. The molecule has 0 saturated carbocycles. The number of benzene rings is 2. The Morgan fingerprint density at radius 2 is 1.64 bits per heavy atom. The monoisotopic (exact) mass is 293 g/mol. The summed E-state index contributed by atoms with van der Waals surface area (Å²) < 4.78 is 0. The fourth-order valence-electron chi connectivity index (χ4n) is 2.33. The molecule has 5 nitrogen and oxygen atoms in total. The molecule has 0 fully saturated rings. The number of amides is 2. The second-order valence-corrected chi connectivity index (χ2v) is 5.01. The number of carbonyl (C=O) groups is 2. The van der Waals surface area contributed by atoms with Gasteiger partial charge in [-0.3, -0.25) is 14.9 Å². The highest BCUT2D eigenvalue weighted by atomic mass is 16.2. The first-order chi connectivity index (χ1) is 10.6. The number of hydrogen-bond donors (Lipinski definition) is 3. The molecular weight excluding hydrogens is 278 g/mol. The third-order valence-corrected chi connectivity index (χ3v) is 3.47. The van der Waals surface area contributed by atoms with Crippen LogP contribution < -0.4 is 16.4 Å². The summed E-state index contributed by atoms with van der Waals surface area (Å²) in [5.41, 5.74) is 8.99. The van der Waals surface area contributed by atoms with Gasteiger partial charge in [-0.1, -0.05) is 30.3 Å². The van der Waals surface area contributed by atoms with Gasteiger partial charge in [-0.25, -0.2) is 0 Å². The Bertz CT molecular complexity index is 764. The maximum atomic E-state index is 12.0. The lowest BCUT2D eigenvalue weighted by atomic mass is 9.96. The summed E-state index contributed by atoms with van der Waals surface area (Å²) >= 11 is 0. The van der Waals surface area contributed by atoms with Crippen molar-refractivity contribution < 1.29 is 9.59 Å². The first-order valence-corrected chi connectivity index (χ1v) is 6.88. The van der Waals surface area contributed by atoms with Crippen LogP contribution in [-0.2, 0) is 11.3 Å². The third-order valence-electron chi connectivity index (χ3n) is 3.47. The van der Waals surface area contributed by atoms with Crippen molar-refractivity contribution in [2.75, 3.05) is 5.73 Å². The smallest absolute Gasteiger partial charge is 0.260 e. The van der Waals surface area contributed by atoms with Gasteiger partial charge in [0.2, 0.25) is 0 Å². The number of nitrogens with one attached hydrogen (secondary N) is 2. The zero-order valence-electron chi connectivity index (χ0n) is 11.8. The number of nitrogens with two attached hydrogens (primary N) is 1. The van der Waals surface area contributed by atoms with Crippen LogP contribution in [0.2, 0.25) is 0 Å². The van der Waals surface area contributed by atoms with E-state index in [1.807, 2.05) is 24.3 Å². The van der Waals surface area contributed by atoms with Gasteiger partial charge in [0.1, 0.15) is 0 Å². The van der Waals surface area contributed by atoms with Crippen molar-refractivity contribution in [1.29, 1.82) is 0 Å². The van der Waals surface area contributed by atoms with Gasteiger partial charge in [0, 0.05) is 29.6 Å². The van der Waals surface area contributed by atoms with Gasteiger partial charge in [-0.05, 0) is 23.8 Å². The Labute approximate surface area is 127 Å². The second kappa shape index (κ2) is 5.73. The van der Waals surface area contributed by atoms with Crippen LogP contribution in [0.5, 0.6) is 0 Å². The van der Waals surface area contributed by atoms with Crippen molar-refractivity contribution in [2.24, 2.45) is 0 Å². The Hall–Kier alpha value is -3.08. The van der Waals surface area contributed by atoms with Gasteiger partial charge in [0.25, 0.3) is 11.8 Å². The van der Waals surface area contributed by atoms with E-state index in [0.29, 0.717) is 28.9 Å². The van der Waals surface area contributed by atoms with Crippen LogP contribution in [0, 0.1) is 0 Å². The predicted molar refractivity (Wildman–Crippen MR) is 84.6 cm³/mol. The van der Waals surface area contributed by atoms with Crippen LogP contribution in [0.4, 0.5) is 5.69 Å². The molecule has 0 aromatic heterocycles. The Morgan fingerprint density at radius 1 is 0.955 bits per heavy atom. The number of hydrogen-bond acceptors (Lipinski definition) is 4. The molecule has 1 heterocycles. The molecule has 0 saturated heterocycles. The van der Waals surface area contributed by atoms with Crippen molar-refractivity contribution in [3.05, 3.63) is 71.4 Å². The Morgan fingerprint density at radius 3 is 2.36 bits per heavy atom. The van der Waals surface area contributed by atoms with Gasteiger partial charge >= 0.3 is 0 Å². The lowest BCUT2D eigenvalue weighted by molar-refractivity contribution is -0.114. The summed E-state index contributed by atoms with van der Waals surface area (Å²) in [4.78, 5) is 23.8. The number of carbonyl (C=O) groups excluding carboxylic acids is 2. The van der Waals surface area contributed by atoms with Crippen LogP contribution in [0.3, 0.4) is 0 Å². The maximum absolute atomic E-state index is 12.0. The van der Waals surface area contributed by atoms with E-state index < -0.39 is 5.91 Å². The van der Waals surface area contributed by atoms with E-state index >= 15 is 0 Å². The van der Waals surface area contributed by atoms with E-state index in [0.717, 1.165) is 5.56 Å². The number of anilines is 1. The number of fused-ring (bicyclic) bond motifs is 1. The van der Waals surface area contributed by atoms with Crippen LogP contribution in [0.25, 0.3) is 5.57 Å². The van der Waals surface area contributed by atoms with Crippen molar-refractivity contribution >= 4 is 23.1 Å². The summed E-state index contributed by atoms with van der Waals surface area (Å²) in [6.07, 6.45) is 1.64. The third kappa shape index (κ3) is 2.69. The van der Waals surface area contributed by atoms with Crippen molar-refractivity contribution in [3.8, 4) is 0 Å². The van der Waals surface area contributed by atoms with E-state index in [1.54, 1.807) is 30.5 Å². The molecule has 1 aliphatic rings. The molecule has 4 N–H and O–H groups in total. The molecule has 110 valence electrons. The van der Waals surface area contributed by atoms with Crippen LogP contribution in [0.1, 0.15) is 21.5 Å². The molecule has 22 heavy (non-hydrogen) atoms. The first-order valence-electron chi connectivity index (χ1n) is 6.88. The van der Waals surface area contributed by atoms with Crippen LogP contribution in [-0.4, -0.2) is 11.8 Å². The largest absolute Gasteiger partial charge is 0.399 e.